The Kier molecular flexibility index (Phi) is 6.07. The van der Waals surface area contributed by atoms with Gasteiger partial charge in [0.2, 0.25) is 5.91 Å². The average molecular weight is 351 g/mol. The highest BCUT2D eigenvalue weighted by Crippen LogP contribution is 2.14. The number of nitrogens with zero attached hydrogens (tertiary/aromatic N) is 2. The Hall–Kier alpha value is -2.17. The second-order valence-corrected chi connectivity index (χ2v) is 7.33. The van der Waals surface area contributed by atoms with Crippen LogP contribution in [-0.2, 0) is 11.3 Å². The summed E-state index contributed by atoms with van der Waals surface area (Å²) in [6.07, 6.45) is 0. The molecule has 0 spiro atoms. The van der Waals surface area contributed by atoms with Gasteiger partial charge in [0, 0.05) is 38.4 Å². The van der Waals surface area contributed by atoms with Gasteiger partial charge in [0.1, 0.15) is 0 Å². The number of benzene rings is 2. The quantitative estimate of drug-likeness (QED) is 0.896. The predicted molar refractivity (Wildman–Crippen MR) is 107 cm³/mol. The van der Waals surface area contributed by atoms with E-state index < -0.39 is 0 Å². The number of anilines is 1. The van der Waals surface area contributed by atoms with Crippen LogP contribution in [0.5, 0.6) is 0 Å². The fourth-order valence-electron chi connectivity index (χ4n) is 3.43. The lowest BCUT2D eigenvalue weighted by Gasteiger charge is -2.37. The smallest absolute Gasteiger partial charge is 0.241 e. The number of rotatable bonds is 5. The molecule has 138 valence electrons. The van der Waals surface area contributed by atoms with Crippen LogP contribution >= 0.6 is 0 Å². The highest BCUT2D eigenvalue weighted by molar-refractivity contribution is 5.94. The summed E-state index contributed by atoms with van der Waals surface area (Å²) in [5.41, 5.74) is 4.73. The summed E-state index contributed by atoms with van der Waals surface area (Å²) in [7, 11) is 0. The minimum Gasteiger partial charge on any atom is -0.325 e. The molecule has 1 aliphatic heterocycles. The molecule has 1 saturated heterocycles. The van der Waals surface area contributed by atoms with Crippen LogP contribution < -0.4 is 5.32 Å². The number of carbonyl (C=O) groups is 1. The van der Waals surface area contributed by atoms with E-state index in [1.807, 2.05) is 38.1 Å². The summed E-state index contributed by atoms with van der Waals surface area (Å²) >= 11 is 0. The predicted octanol–water partition coefficient (Wildman–Crippen LogP) is 3.45. The summed E-state index contributed by atoms with van der Waals surface area (Å²) in [5, 5.41) is 3.03. The van der Waals surface area contributed by atoms with Crippen LogP contribution in [0.2, 0.25) is 0 Å². The van der Waals surface area contributed by atoms with Crippen LogP contribution in [0.4, 0.5) is 5.69 Å². The fraction of sp³-hybridized carbons (Fsp3) is 0.409. The first-order valence-electron chi connectivity index (χ1n) is 9.41. The second-order valence-electron chi connectivity index (χ2n) is 7.33. The zero-order valence-corrected chi connectivity index (χ0v) is 16.0. The lowest BCUT2D eigenvalue weighted by molar-refractivity contribution is -0.121. The molecule has 0 saturated carbocycles. The van der Waals surface area contributed by atoms with Gasteiger partial charge in [0.15, 0.2) is 0 Å². The first-order valence-corrected chi connectivity index (χ1v) is 9.41. The van der Waals surface area contributed by atoms with Gasteiger partial charge in [-0.25, -0.2) is 0 Å². The molecule has 3 rings (SSSR count). The molecule has 0 aliphatic carbocycles. The maximum absolute atomic E-state index is 12.5. The van der Waals surface area contributed by atoms with Gasteiger partial charge < -0.3 is 5.32 Å². The van der Waals surface area contributed by atoms with E-state index in [1.165, 1.54) is 16.7 Å². The number of hydrogen-bond acceptors (Lipinski definition) is 3. The number of amides is 1. The number of nitrogens with one attached hydrogen (secondary N) is 1. The summed E-state index contributed by atoms with van der Waals surface area (Å²) in [4.78, 5) is 17.3. The van der Waals surface area contributed by atoms with E-state index in [0.717, 1.165) is 38.4 Å². The normalized spacial score (nSPS) is 17.0. The summed E-state index contributed by atoms with van der Waals surface area (Å²) in [5.74, 6) is 0.0704. The maximum Gasteiger partial charge on any atom is 0.241 e. The molecule has 1 atom stereocenters. The monoisotopic (exact) mass is 351 g/mol. The maximum atomic E-state index is 12.5. The largest absolute Gasteiger partial charge is 0.325 e. The van der Waals surface area contributed by atoms with Crippen molar-refractivity contribution in [2.24, 2.45) is 0 Å². The Labute approximate surface area is 156 Å². The lowest BCUT2D eigenvalue weighted by atomic mass is 10.1. The molecule has 2 aromatic carbocycles. The third-order valence-corrected chi connectivity index (χ3v) is 5.14. The Balaban J connectivity index is 1.49. The third-order valence-electron chi connectivity index (χ3n) is 5.14. The topological polar surface area (TPSA) is 35.6 Å². The van der Waals surface area contributed by atoms with Gasteiger partial charge in [0.25, 0.3) is 0 Å². The average Bonchev–Trinajstić information content (AvgIpc) is 2.64. The van der Waals surface area contributed by atoms with Crippen molar-refractivity contribution in [1.29, 1.82) is 0 Å². The highest BCUT2D eigenvalue weighted by Gasteiger charge is 2.25. The molecular weight excluding hydrogens is 322 g/mol. The molecule has 26 heavy (non-hydrogen) atoms. The Morgan fingerprint density at radius 1 is 1.00 bits per heavy atom. The molecule has 1 amide bonds. The zero-order valence-electron chi connectivity index (χ0n) is 16.0. The van der Waals surface area contributed by atoms with E-state index in [-0.39, 0.29) is 11.9 Å². The lowest BCUT2D eigenvalue weighted by Crippen LogP contribution is -2.52. The van der Waals surface area contributed by atoms with E-state index in [0.29, 0.717) is 0 Å². The molecule has 1 heterocycles. The van der Waals surface area contributed by atoms with Crippen molar-refractivity contribution in [1.82, 2.24) is 9.80 Å². The van der Waals surface area contributed by atoms with E-state index in [2.05, 4.69) is 46.3 Å². The van der Waals surface area contributed by atoms with Crippen LogP contribution in [0.3, 0.4) is 0 Å². The first-order chi connectivity index (χ1) is 12.5. The minimum atomic E-state index is -0.113. The molecule has 1 fully saturated rings. The Bertz CT molecular complexity index is 733. The van der Waals surface area contributed by atoms with Crippen molar-refractivity contribution in [3.8, 4) is 0 Å². The number of hydrogen-bond donors (Lipinski definition) is 1. The van der Waals surface area contributed by atoms with Crippen molar-refractivity contribution in [3.63, 3.8) is 0 Å². The molecule has 0 radical (unpaired) electrons. The number of aryl methyl sites for hydroxylation is 2. The molecular formula is C22H29N3O. The van der Waals surface area contributed by atoms with E-state index in [1.54, 1.807) is 0 Å². The number of piperazine rings is 1. The van der Waals surface area contributed by atoms with Gasteiger partial charge in [-0.3, -0.25) is 14.6 Å². The molecule has 0 unspecified atom stereocenters. The van der Waals surface area contributed by atoms with Crippen LogP contribution in [0, 0.1) is 13.8 Å². The summed E-state index contributed by atoms with van der Waals surface area (Å²) < 4.78 is 0. The van der Waals surface area contributed by atoms with Crippen LogP contribution in [0.15, 0.2) is 48.5 Å². The SMILES string of the molecule is Cc1ccc(NC(=O)[C@@H](C)N2CCN(Cc3cccc(C)c3)CC2)cc1. The van der Waals surface area contributed by atoms with Crippen LogP contribution in [-0.4, -0.2) is 47.9 Å². The fourth-order valence-corrected chi connectivity index (χ4v) is 3.43. The molecule has 1 aliphatic rings. The molecule has 0 aromatic heterocycles. The van der Waals surface area contributed by atoms with Gasteiger partial charge in [-0.05, 0) is 38.5 Å². The third kappa shape index (κ3) is 4.93. The van der Waals surface area contributed by atoms with Crippen molar-refractivity contribution in [2.75, 3.05) is 31.5 Å². The Morgan fingerprint density at radius 2 is 1.69 bits per heavy atom. The van der Waals surface area contributed by atoms with Crippen molar-refractivity contribution >= 4 is 11.6 Å². The summed E-state index contributed by atoms with van der Waals surface area (Å²) in [6, 6.07) is 16.5. The van der Waals surface area contributed by atoms with E-state index >= 15 is 0 Å². The summed E-state index contributed by atoms with van der Waals surface area (Å²) in [6.45, 7) is 11.0. The van der Waals surface area contributed by atoms with Gasteiger partial charge in [0.05, 0.1) is 6.04 Å². The molecule has 4 nitrogen and oxygen atoms in total. The number of carbonyl (C=O) groups excluding carboxylic acids is 1. The Morgan fingerprint density at radius 3 is 2.35 bits per heavy atom. The van der Waals surface area contributed by atoms with Crippen molar-refractivity contribution in [3.05, 3.63) is 65.2 Å². The standard InChI is InChI=1S/C22H29N3O/c1-17-7-9-21(10-8-17)23-22(26)19(3)25-13-11-24(12-14-25)16-20-6-4-5-18(2)15-20/h4-10,15,19H,11-14,16H2,1-3H3,(H,23,26)/t19-/m1/s1. The van der Waals surface area contributed by atoms with Gasteiger partial charge in [-0.2, -0.15) is 0 Å². The highest BCUT2D eigenvalue weighted by atomic mass is 16.2. The first kappa shape index (κ1) is 18.6. The van der Waals surface area contributed by atoms with Crippen molar-refractivity contribution < 1.29 is 4.79 Å². The minimum absolute atomic E-state index is 0.0704. The van der Waals surface area contributed by atoms with Crippen LogP contribution in [0.1, 0.15) is 23.6 Å². The molecule has 4 heteroatoms. The molecule has 2 aromatic rings. The zero-order chi connectivity index (χ0) is 18.5. The molecule has 1 N–H and O–H groups in total. The second kappa shape index (κ2) is 8.47. The van der Waals surface area contributed by atoms with E-state index in [9.17, 15) is 4.79 Å². The van der Waals surface area contributed by atoms with Crippen molar-refractivity contribution in [2.45, 2.75) is 33.4 Å². The molecule has 0 bridgehead atoms. The van der Waals surface area contributed by atoms with Gasteiger partial charge in [-0.1, -0.05) is 47.5 Å². The van der Waals surface area contributed by atoms with Gasteiger partial charge in [-0.15, -0.1) is 0 Å². The van der Waals surface area contributed by atoms with E-state index in [4.69, 9.17) is 0 Å². The van der Waals surface area contributed by atoms with Crippen LogP contribution in [0.25, 0.3) is 0 Å². The van der Waals surface area contributed by atoms with Gasteiger partial charge >= 0.3 is 0 Å².